The van der Waals surface area contributed by atoms with Crippen molar-refractivity contribution in [3.63, 3.8) is 0 Å². The van der Waals surface area contributed by atoms with Crippen molar-refractivity contribution < 1.29 is 9.18 Å². The molecule has 0 aliphatic heterocycles. The minimum absolute atomic E-state index is 0.0575. The van der Waals surface area contributed by atoms with Crippen LogP contribution in [0, 0.1) is 17.7 Å². The maximum atomic E-state index is 13.8. The van der Waals surface area contributed by atoms with E-state index in [9.17, 15) is 18.8 Å². The van der Waals surface area contributed by atoms with Crippen LogP contribution in [-0.2, 0) is 24.4 Å². The number of nitrogens with one attached hydrogen (secondary N) is 1. The van der Waals surface area contributed by atoms with Crippen LogP contribution in [0.5, 0.6) is 0 Å². The van der Waals surface area contributed by atoms with Crippen molar-refractivity contribution in [1.82, 2.24) is 14.5 Å². The molecule has 0 unspecified atom stereocenters. The number of rotatable bonds is 7. The molecule has 37 heavy (non-hydrogen) atoms. The van der Waals surface area contributed by atoms with Crippen LogP contribution in [0.1, 0.15) is 36.8 Å². The zero-order chi connectivity index (χ0) is 25.8. The number of para-hydroxylation sites is 1. The molecule has 1 heterocycles. The molecule has 0 radical (unpaired) electrons. The molecular formula is C30H30FN3O3. The van der Waals surface area contributed by atoms with Crippen LogP contribution in [-0.4, -0.2) is 15.0 Å². The molecule has 0 bridgehead atoms. The lowest BCUT2D eigenvalue weighted by Gasteiger charge is -2.28. The second kappa shape index (κ2) is 10.9. The van der Waals surface area contributed by atoms with Gasteiger partial charge in [-0.3, -0.25) is 18.7 Å². The largest absolute Gasteiger partial charge is 0.352 e. The van der Waals surface area contributed by atoms with Gasteiger partial charge >= 0.3 is 5.69 Å². The Labute approximate surface area is 214 Å². The Hall–Kier alpha value is -4.00. The molecule has 3 aromatic carbocycles. The minimum atomic E-state index is -0.393. The molecule has 4 aromatic rings. The van der Waals surface area contributed by atoms with Crippen LogP contribution in [0.15, 0.2) is 88.5 Å². The number of carbonyl (C=O) groups is 1. The number of hydrogen-bond acceptors (Lipinski definition) is 3. The Morgan fingerprint density at radius 3 is 2.30 bits per heavy atom. The van der Waals surface area contributed by atoms with Gasteiger partial charge in [0.2, 0.25) is 5.91 Å². The van der Waals surface area contributed by atoms with Crippen LogP contribution < -0.4 is 16.6 Å². The van der Waals surface area contributed by atoms with E-state index in [0.29, 0.717) is 29.6 Å². The standard InChI is InChI=1S/C30H30FN3O3/c31-25-10-6-9-23(17-25)20-33-27-12-5-4-11-26(27)29(36)34(30(33)37)19-22-13-15-24(16-14-22)28(35)32-18-21-7-2-1-3-8-21/h1-12,17,22,24H,13-16,18-20H2,(H,32,35). The van der Waals surface area contributed by atoms with E-state index in [-0.39, 0.29) is 35.7 Å². The number of fused-ring (bicyclic) bond motifs is 1. The van der Waals surface area contributed by atoms with Gasteiger partial charge in [0.25, 0.3) is 5.56 Å². The van der Waals surface area contributed by atoms with Crippen molar-refractivity contribution in [2.24, 2.45) is 11.8 Å². The predicted molar refractivity (Wildman–Crippen MR) is 142 cm³/mol. The van der Waals surface area contributed by atoms with Gasteiger partial charge in [-0.2, -0.15) is 0 Å². The number of nitrogens with zero attached hydrogens (tertiary/aromatic N) is 2. The zero-order valence-corrected chi connectivity index (χ0v) is 20.6. The van der Waals surface area contributed by atoms with Crippen molar-refractivity contribution in [3.05, 3.63) is 117 Å². The highest BCUT2D eigenvalue weighted by Crippen LogP contribution is 2.30. The average Bonchev–Trinajstić information content (AvgIpc) is 2.93. The second-order valence-electron chi connectivity index (χ2n) is 9.85. The van der Waals surface area contributed by atoms with E-state index < -0.39 is 5.69 Å². The maximum Gasteiger partial charge on any atom is 0.331 e. The van der Waals surface area contributed by atoms with Gasteiger partial charge in [0, 0.05) is 19.0 Å². The summed E-state index contributed by atoms with van der Waals surface area (Å²) in [4.78, 5) is 39.5. The van der Waals surface area contributed by atoms with Gasteiger partial charge in [0.1, 0.15) is 5.82 Å². The van der Waals surface area contributed by atoms with E-state index in [2.05, 4.69) is 5.32 Å². The molecule has 0 saturated heterocycles. The molecule has 5 rings (SSSR count). The van der Waals surface area contributed by atoms with E-state index >= 15 is 0 Å². The molecule has 190 valence electrons. The van der Waals surface area contributed by atoms with Crippen molar-refractivity contribution >= 4 is 16.8 Å². The third-order valence-electron chi connectivity index (χ3n) is 7.33. The van der Waals surface area contributed by atoms with E-state index in [4.69, 9.17) is 0 Å². The van der Waals surface area contributed by atoms with Gasteiger partial charge in [0.15, 0.2) is 0 Å². The molecule has 7 heteroatoms. The molecule has 1 aliphatic carbocycles. The molecular weight excluding hydrogens is 469 g/mol. The van der Waals surface area contributed by atoms with Crippen molar-refractivity contribution in [1.29, 1.82) is 0 Å². The summed E-state index contributed by atoms with van der Waals surface area (Å²) in [6.07, 6.45) is 2.99. The summed E-state index contributed by atoms with van der Waals surface area (Å²) < 4.78 is 16.7. The second-order valence-corrected chi connectivity index (χ2v) is 9.85. The maximum absolute atomic E-state index is 13.8. The first-order chi connectivity index (χ1) is 18.0. The normalized spacial score (nSPS) is 17.5. The monoisotopic (exact) mass is 499 g/mol. The summed E-state index contributed by atoms with van der Waals surface area (Å²) in [5.74, 6) is -0.236. The summed E-state index contributed by atoms with van der Waals surface area (Å²) in [7, 11) is 0. The number of hydrogen-bond donors (Lipinski definition) is 1. The van der Waals surface area contributed by atoms with E-state index in [1.807, 2.05) is 30.3 Å². The molecule has 0 atom stereocenters. The predicted octanol–water partition coefficient (Wildman–Crippen LogP) is 4.47. The topological polar surface area (TPSA) is 73.1 Å². The highest BCUT2D eigenvalue weighted by atomic mass is 19.1. The highest BCUT2D eigenvalue weighted by molar-refractivity contribution is 5.79. The summed E-state index contributed by atoms with van der Waals surface area (Å²) in [5, 5.41) is 3.50. The fraction of sp³-hybridized carbons (Fsp3) is 0.300. The van der Waals surface area contributed by atoms with E-state index in [1.165, 1.54) is 16.7 Å². The molecule has 0 spiro atoms. The van der Waals surface area contributed by atoms with Crippen molar-refractivity contribution in [2.45, 2.75) is 45.3 Å². The minimum Gasteiger partial charge on any atom is -0.352 e. The van der Waals surface area contributed by atoms with Crippen LogP contribution in [0.4, 0.5) is 4.39 Å². The summed E-state index contributed by atoms with van der Waals surface area (Å²) in [6, 6.07) is 23.0. The number of aromatic nitrogens is 2. The quantitative estimate of drug-likeness (QED) is 0.408. The first-order valence-corrected chi connectivity index (χ1v) is 12.8. The van der Waals surface area contributed by atoms with Crippen LogP contribution in [0.3, 0.4) is 0 Å². The summed E-state index contributed by atoms with van der Waals surface area (Å²) in [6.45, 7) is 0.993. The molecule has 1 amide bonds. The van der Waals surface area contributed by atoms with Crippen molar-refractivity contribution in [3.8, 4) is 0 Å². The van der Waals surface area contributed by atoms with Crippen LogP contribution in [0.25, 0.3) is 10.9 Å². The lowest BCUT2D eigenvalue weighted by molar-refractivity contribution is -0.126. The molecule has 1 saturated carbocycles. The number of carbonyl (C=O) groups excluding carboxylic acids is 1. The molecule has 1 aliphatic rings. The molecule has 1 fully saturated rings. The Morgan fingerprint density at radius 1 is 0.838 bits per heavy atom. The molecule has 1 aromatic heterocycles. The number of benzene rings is 3. The average molecular weight is 500 g/mol. The smallest absolute Gasteiger partial charge is 0.331 e. The Kier molecular flexibility index (Phi) is 7.30. The molecule has 1 N–H and O–H groups in total. The highest BCUT2D eigenvalue weighted by Gasteiger charge is 2.27. The van der Waals surface area contributed by atoms with E-state index in [1.54, 1.807) is 41.0 Å². The van der Waals surface area contributed by atoms with Gasteiger partial charge in [-0.05, 0) is 67.0 Å². The van der Waals surface area contributed by atoms with Gasteiger partial charge < -0.3 is 5.32 Å². The lowest BCUT2D eigenvalue weighted by atomic mass is 9.81. The van der Waals surface area contributed by atoms with Gasteiger partial charge in [-0.25, -0.2) is 9.18 Å². The van der Waals surface area contributed by atoms with Crippen LogP contribution >= 0.6 is 0 Å². The SMILES string of the molecule is O=C(NCc1ccccc1)C1CCC(Cn2c(=O)c3ccccc3n(Cc3cccc(F)c3)c2=O)CC1. The Balaban J connectivity index is 1.31. The third-order valence-corrected chi connectivity index (χ3v) is 7.33. The first-order valence-electron chi connectivity index (χ1n) is 12.8. The molecule has 6 nitrogen and oxygen atoms in total. The van der Waals surface area contributed by atoms with Gasteiger partial charge in [0.05, 0.1) is 17.4 Å². The Bertz CT molecular complexity index is 1520. The Morgan fingerprint density at radius 2 is 1.54 bits per heavy atom. The van der Waals surface area contributed by atoms with Crippen molar-refractivity contribution in [2.75, 3.05) is 0 Å². The van der Waals surface area contributed by atoms with Gasteiger partial charge in [-0.1, -0.05) is 54.6 Å². The lowest BCUT2D eigenvalue weighted by Crippen LogP contribution is -2.42. The fourth-order valence-electron chi connectivity index (χ4n) is 5.30. The summed E-state index contributed by atoms with van der Waals surface area (Å²) in [5.41, 5.74) is 1.56. The van der Waals surface area contributed by atoms with Gasteiger partial charge in [-0.15, -0.1) is 0 Å². The fourth-order valence-corrected chi connectivity index (χ4v) is 5.30. The third kappa shape index (κ3) is 5.56. The summed E-state index contributed by atoms with van der Waals surface area (Å²) >= 11 is 0. The number of amides is 1. The van der Waals surface area contributed by atoms with E-state index in [0.717, 1.165) is 31.2 Å². The first kappa shape index (κ1) is 24.7. The number of halogens is 1. The van der Waals surface area contributed by atoms with Crippen LogP contribution in [0.2, 0.25) is 0 Å². The zero-order valence-electron chi connectivity index (χ0n) is 20.6.